The number of nitrogens with zero attached hydrogens (tertiary/aromatic N) is 1. The van der Waals surface area contributed by atoms with E-state index >= 15 is 0 Å². The van der Waals surface area contributed by atoms with Crippen LogP contribution in [0, 0.1) is 5.92 Å². The lowest BCUT2D eigenvalue weighted by Crippen LogP contribution is -2.57. The number of piperidine rings is 3. The summed E-state index contributed by atoms with van der Waals surface area (Å²) < 4.78 is 67.4. The van der Waals surface area contributed by atoms with Gasteiger partial charge < -0.3 is 14.6 Å². The lowest BCUT2D eigenvalue weighted by Gasteiger charge is -2.44. The van der Waals surface area contributed by atoms with Crippen LogP contribution in [0.2, 0.25) is 0 Å². The lowest BCUT2D eigenvalue weighted by molar-refractivity contribution is -0.0429. The molecular formula is C19H20F3N3O4S. The van der Waals surface area contributed by atoms with Gasteiger partial charge >= 0.3 is 15.5 Å². The van der Waals surface area contributed by atoms with Crippen molar-refractivity contribution in [3.05, 3.63) is 42.2 Å². The zero-order valence-electron chi connectivity index (χ0n) is 15.8. The second kappa shape index (κ2) is 7.62. The number of halogens is 3. The second-order valence-corrected chi connectivity index (χ2v) is 9.19. The van der Waals surface area contributed by atoms with Crippen LogP contribution in [0.5, 0.6) is 0 Å². The number of alkyl halides is 3. The maximum Gasteiger partial charge on any atom is 0.516 e. The summed E-state index contributed by atoms with van der Waals surface area (Å²) in [4.78, 5) is 14.9. The predicted octanol–water partition coefficient (Wildman–Crippen LogP) is 3.03. The van der Waals surface area contributed by atoms with Crippen molar-refractivity contribution in [3.63, 3.8) is 0 Å². The fraction of sp³-hybridized carbons (Fsp3) is 0.421. The molecule has 3 fully saturated rings. The van der Waals surface area contributed by atoms with E-state index in [1.807, 2.05) is 0 Å². The van der Waals surface area contributed by atoms with Gasteiger partial charge in [-0.1, -0.05) is 12.1 Å². The van der Waals surface area contributed by atoms with Gasteiger partial charge in [-0.25, -0.2) is 0 Å². The highest BCUT2D eigenvalue weighted by Crippen LogP contribution is 2.30. The van der Waals surface area contributed by atoms with E-state index in [1.165, 1.54) is 35.1 Å². The van der Waals surface area contributed by atoms with Gasteiger partial charge in [-0.05, 0) is 56.1 Å². The van der Waals surface area contributed by atoms with Crippen LogP contribution in [0.4, 0.5) is 18.9 Å². The lowest BCUT2D eigenvalue weighted by atomic mass is 9.84. The molecule has 0 unspecified atom stereocenters. The van der Waals surface area contributed by atoms with Crippen LogP contribution >= 0.6 is 0 Å². The number of benzene rings is 1. The van der Waals surface area contributed by atoms with Crippen molar-refractivity contribution in [1.29, 1.82) is 0 Å². The van der Waals surface area contributed by atoms with Crippen molar-refractivity contribution < 1.29 is 30.8 Å². The minimum Gasteiger partial charge on any atom is -0.451 e. The molecule has 0 saturated carbocycles. The van der Waals surface area contributed by atoms with Crippen LogP contribution in [-0.4, -0.2) is 50.4 Å². The fourth-order valence-corrected chi connectivity index (χ4v) is 4.49. The van der Waals surface area contributed by atoms with Crippen molar-refractivity contribution >= 4 is 21.6 Å². The molecule has 0 aliphatic carbocycles. The topological polar surface area (TPSA) is 91.7 Å². The fourth-order valence-electron chi connectivity index (χ4n) is 3.93. The second-order valence-electron chi connectivity index (χ2n) is 7.51. The SMILES string of the molecule is O=C(N[C@H]1CN2CCC1CC2)c1ccc(-c2cccc(NS(=O)(=O)C(F)(F)F)c2)o1. The van der Waals surface area contributed by atoms with Gasteiger partial charge in [0.25, 0.3) is 5.91 Å². The van der Waals surface area contributed by atoms with E-state index in [0.717, 1.165) is 32.5 Å². The molecule has 7 nitrogen and oxygen atoms in total. The quantitative estimate of drug-likeness (QED) is 0.741. The van der Waals surface area contributed by atoms with Gasteiger partial charge in [0.15, 0.2) is 5.76 Å². The Kier molecular flexibility index (Phi) is 5.27. The number of anilines is 1. The molecule has 3 aliphatic rings. The van der Waals surface area contributed by atoms with Gasteiger partial charge in [0.1, 0.15) is 5.76 Å². The maximum absolute atomic E-state index is 12.6. The Morgan fingerprint density at radius 3 is 2.50 bits per heavy atom. The predicted molar refractivity (Wildman–Crippen MR) is 103 cm³/mol. The minimum atomic E-state index is -5.53. The van der Waals surface area contributed by atoms with Crippen LogP contribution in [-0.2, 0) is 10.0 Å². The number of nitrogens with one attached hydrogen (secondary N) is 2. The Morgan fingerprint density at radius 1 is 1.13 bits per heavy atom. The molecule has 0 radical (unpaired) electrons. The molecule has 3 aliphatic heterocycles. The smallest absolute Gasteiger partial charge is 0.451 e. The first kappa shape index (κ1) is 20.7. The highest BCUT2D eigenvalue weighted by atomic mass is 32.2. The van der Waals surface area contributed by atoms with Crippen LogP contribution in [0.25, 0.3) is 11.3 Å². The summed E-state index contributed by atoms with van der Waals surface area (Å²) in [6, 6.07) is 8.39. The Hall–Kier alpha value is -2.53. The first-order chi connectivity index (χ1) is 14.1. The molecule has 2 bridgehead atoms. The van der Waals surface area contributed by atoms with E-state index in [0.29, 0.717) is 11.5 Å². The molecule has 2 N–H and O–H groups in total. The van der Waals surface area contributed by atoms with Crippen molar-refractivity contribution in [3.8, 4) is 11.3 Å². The van der Waals surface area contributed by atoms with Crippen molar-refractivity contribution in [1.82, 2.24) is 10.2 Å². The van der Waals surface area contributed by atoms with Crippen LogP contribution in [0.3, 0.4) is 0 Å². The van der Waals surface area contributed by atoms with E-state index in [2.05, 4.69) is 10.2 Å². The summed E-state index contributed by atoms with van der Waals surface area (Å²) in [7, 11) is -5.53. The molecule has 2 aromatic rings. The number of rotatable bonds is 5. The zero-order chi connectivity index (χ0) is 21.5. The Labute approximate surface area is 171 Å². The van der Waals surface area contributed by atoms with Gasteiger partial charge in [-0.2, -0.15) is 21.6 Å². The van der Waals surface area contributed by atoms with Gasteiger partial charge in [0.05, 0.1) is 0 Å². The minimum absolute atomic E-state index is 0.0636. The Bertz CT molecular complexity index is 1040. The van der Waals surface area contributed by atoms with E-state index in [9.17, 15) is 26.4 Å². The number of carbonyl (C=O) groups is 1. The molecule has 4 heterocycles. The van der Waals surface area contributed by atoms with Gasteiger partial charge in [0.2, 0.25) is 0 Å². The normalized spacial score (nSPS) is 23.9. The summed E-state index contributed by atoms with van der Waals surface area (Å²) >= 11 is 0. The van der Waals surface area contributed by atoms with Crippen LogP contribution in [0.15, 0.2) is 40.8 Å². The highest BCUT2D eigenvalue weighted by molar-refractivity contribution is 7.93. The molecule has 1 atom stereocenters. The Morgan fingerprint density at radius 2 is 1.87 bits per heavy atom. The number of hydrogen-bond acceptors (Lipinski definition) is 5. The largest absolute Gasteiger partial charge is 0.516 e. The number of carbonyl (C=O) groups excluding carboxylic acids is 1. The third-order valence-corrected chi connectivity index (χ3v) is 6.62. The van der Waals surface area contributed by atoms with E-state index < -0.39 is 15.5 Å². The first-order valence-corrected chi connectivity index (χ1v) is 10.9. The van der Waals surface area contributed by atoms with Crippen molar-refractivity contribution in [2.45, 2.75) is 24.4 Å². The first-order valence-electron chi connectivity index (χ1n) is 9.45. The Balaban J connectivity index is 1.47. The number of sulfonamides is 1. The zero-order valence-corrected chi connectivity index (χ0v) is 16.6. The van der Waals surface area contributed by atoms with Crippen molar-refractivity contribution in [2.75, 3.05) is 24.4 Å². The molecule has 5 rings (SSSR count). The van der Waals surface area contributed by atoms with Gasteiger partial charge in [-0.3, -0.25) is 9.52 Å². The summed E-state index contributed by atoms with van der Waals surface area (Å²) in [5.41, 5.74) is -5.35. The molecule has 30 heavy (non-hydrogen) atoms. The number of amides is 1. The molecule has 162 valence electrons. The summed E-state index contributed by atoms with van der Waals surface area (Å²) in [5, 5.41) is 3.00. The molecule has 1 aromatic carbocycles. The average Bonchev–Trinajstić information content (AvgIpc) is 3.18. The van der Waals surface area contributed by atoms with E-state index in [-0.39, 0.29) is 29.2 Å². The summed E-state index contributed by atoms with van der Waals surface area (Å²) in [5.74, 6) is 0.422. The molecule has 0 spiro atoms. The molecule has 3 saturated heterocycles. The van der Waals surface area contributed by atoms with E-state index in [1.54, 1.807) is 6.07 Å². The number of hydrogen-bond donors (Lipinski definition) is 2. The van der Waals surface area contributed by atoms with Crippen LogP contribution < -0.4 is 10.0 Å². The van der Waals surface area contributed by atoms with Crippen LogP contribution in [0.1, 0.15) is 23.4 Å². The molecule has 1 amide bonds. The van der Waals surface area contributed by atoms with E-state index in [4.69, 9.17) is 4.42 Å². The average molecular weight is 443 g/mol. The summed E-state index contributed by atoms with van der Waals surface area (Å²) in [6.45, 7) is 2.91. The third-order valence-electron chi connectivity index (χ3n) is 5.51. The third kappa shape index (κ3) is 4.17. The molecule has 1 aromatic heterocycles. The standard InChI is InChI=1S/C19H20F3N3O4S/c20-19(21,22)30(27,28)24-14-3-1-2-13(10-14)16-4-5-17(29-16)18(26)23-15-11-25-8-6-12(15)7-9-25/h1-5,10,12,15,24H,6-9,11H2,(H,23,26)/t15-/m0/s1. The van der Waals surface area contributed by atoms with Gasteiger partial charge in [0, 0.05) is 23.8 Å². The monoisotopic (exact) mass is 443 g/mol. The maximum atomic E-state index is 12.6. The highest BCUT2D eigenvalue weighted by Gasteiger charge is 2.46. The number of furan rings is 1. The molecule has 11 heteroatoms. The van der Waals surface area contributed by atoms with Gasteiger partial charge in [-0.15, -0.1) is 0 Å². The van der Waals surface area contributed by atoms with Crippen molar-refractivity contribution in [2.24, 2.45) is 5.92 Å². The molecular weight excluding hydrogens is 423 g/mol. The number of fused-ring (bicyclic) bond motifs is 3. The summed E-state index contributed by atoms with van der Waals surface area (Å²) in [6.07, 6.45) is 2.10.